The molecule has 1 aliphatic rings. The van der Waals surface area contributed by atoms with E-state index in [2.05, 4.69) is 187 Å². The summed E-state index contributed by atoms with van der Waals surface area (Å²) in [5.74, 6) is 0.0989. The van der Waals surface area contributed by atoms with Crippen LogP contribution in [0.25, 0.3) is 69.6 Å². The van der Waals surface area contributed by atoms with Crippen LogP contribution in [0.1, 0.15) is 40.9 Å². The summed E-state index contributed by atoms with van der Waals surface area (Å²) in [6.07, 6.45) is 0. The number of anilines is 3. The molecule has 0 fully saturated rings. The van der Waals surface area contributed by atoms with Crippen LogP contribution in [0.15, 0.2) is 194 Å². The molecule has 0 saturated carbocycles. The molecule has 0 unspecified atom stereocenters. The minimum absolute atomic E-state index is 0.0989. The topological polar surface area (TPSA) is 25.2 Å². The number of fused-ring (bicyclic) bond motifs is 9. The van der Waals surface area contributed by atoms with Gasteiger partial charge < -0.3 is 9.47 Å². The second kappa shape index (κ2) is 13.1. The molecule has 4 heteroatoms. The van der Waals surface area contributed by atoms with E-state index in [1.54, 1.807) is 0 Å². The number of hydrogen-bond acceptors (Lipinski definition) is 3. The zero-order valence-corrected chi connectivity index (χ0v) is 34.0. The fourth-order valence-electron chi connectivity index (χ4n) is 9.93. The predicted octanol–water partition coefficient (Wildman–Crippen LogP) is 15.3. The first-order valence-electron chi connectivity index (χ1n) is 20.5. The molecule has 12 rings (SSSR count). The number of benzene rings is 9. The molecule has 0 atom stereocenters. The molecular weight excluding hydrogens is 749 g/mol. The van der Waals surface area contributed by atoms with Gasteiger partial charge in [0.05, 0.1) is 11.0 Å². The minimum Gasteiger partial charge on any atom is -0.310 e. The monoisotopic (exact) mass is 786 g/mol. The third-order valence-electron chi connectivity index (χ3n) is 12.7. The van der Waals surface area contributed by atoms with E-state index in [4.69, 9.17) is 0 Å². The number of ketones is 1. The molecule has 2 heterocycles. The molecular formula is C56H38N2OS. The average Bonchev–Trinajstić information content (AvgIpc) is 3.82. The van der Waals surface area contributed by atoms with Crippen molar-refractivity contribution < 1.29 is 4.79 Å². The van der Waals surface area contributed by atoms with Gasteiger partial charge >= 0.3 is 0 Å². The highest BCUT2D eigenvalue weighted by Gasteiger charge is 2.38. The third-order valence-corrected chi connectivity index (χ3v) is 13.9. The van der Waals surface area contributed by atoms with Crippen molar-refractivity contribution in [3.63, 3.8) is 0 Å². The number of rotatable bonds is 5. The highest BCUT2D eigenvalue weighted by Crippen LogP contribution is 2.47. The Bertz CT molecular complexity index is 3540. The Morgan fingerprint density at radius 2 is 1.15 bits per heavy atom. The Kier molecular flexibility index (Phi) is 7.60. The Morgan fingerprint density at radius 3 is 2.02 bits per heavy atom. The van der Waals surface area contributed by atoms with Gasteiger partial charge in [0.25, 0.3) is 0 Å². The smallest absolute Gasteiger partial charge is 0.193 e. The normalized spacial score (nSPS) is 13.3. The van der Waals surface area contributed by atoms with Crippen molar-refractivity contribution >= 4 is 86.9 Å². The average molecular weight is 787 g/mol. The van der Waals surface area contributed by atoms with E-state index in [1.165, 1.54) is 47.2 Å². The van der Waals surface area contributed by atoms with Gasteiger partial charge in [-0.15, -0.1) is 11.3 Å². The molecule has 0 aliphatic heterocycles. The van der Waals surface area contributed by atoms with Crippen LogP contribution in [0.3, 0.4) is 0 Å². The lowest BCUT2D eigenvalue weighted by Gasteiger charge is -2.36. The summed E-state index contributed by atoms with van der Waals surface area (Å²) in [6, 6.07) is 69.7. The molecule has 0 amide bonds. The predicted molar refractivity (Wildman–Crippen MR) is 253 cm³/mol. The molecule has 60 heavy (non-hydrogen) atoms. The van der Waals surface area contributed by atoms with Crippen LogP contribution in [-0.4, -0.2) is 10.4 Å². The maximum absolute atomic E-state index is 13.9. The number of aromatic nitrogens is 1. The summed E-state index contributed by atoms with van der Waals surface area (Å²) >= 11 is 1.86. The van der Waals surface area contributed by atoms with Crippen molar-refractivity contribution in [3.8, 4) is 16.8 Å². The van der Waals surface area contributed by atoms with Crippen molar-refractivity contribution in [2.75, 3.05) is 4.90 Å². The van der Waals surface area contributed by atoms with Crippen LogP contribution in [0, 0.1) is 0 Å². The molecule has 1 aliphatic carbocycles. The van der Waals surface area contributed by atoms with E-state index in [0.29, 0.717) is 0 Å². The van der Waals surface area contributed by atoms with Gasteiger partial charge in [0.15, 0.2) is 5.78 Å². The molecule has 0 bridgehead atoms. The number of nitrogens with zero attached hydrogens (tertiary/aromatic N) is 2. The summed E-state index contributed by atoms with van der Waals surface area (Å²) < 4.78 is 5.00. The van der Waals surface area contributed by atoms with E-state index in [1.807, 2.05) is 41.7 Å². The van der Waals surface area contributed by atoms with Crippen LogP contribution in [0.4, 0.5) is 17.1 Å². The Labute approximate surface area is 352 Å². The van der Waals surface area contributed by atoms with E-state index < -0.39 is 0 Å². The molecule has 2 aromatic heterocycles. The Hall–Kier alpha value is -7.27. The molecule has 3 nitrogen and oxygen atoms in total. The maximum atomic E-state index is 13.9. The second-order valence-corrected chi connectivity index (χ2v) is 17.6. The number of carbonyl (C=O) groups excluding carboxylic acids is 1. The number of thiophene rings is 1. The molecule has 0 saturated heterocycles. The lowest BCUT2D eigenvalue weighted by molar-refractivity contribution is 0.103. The van der Waals surface area contributed by atoms with E-state index in [-0.39, 0.29) is 11.2 Å². The van der Waals surface area contributed by atoms with Gasteiger partial charge in [0, 0.05) is 70.2 Å². The molecule has 11 aromatic rings. The number of carbonyl (C=O) groups is 1. The first kappa shape index (κ1) is 34.7. The lowest BCUT2D eigenvalue weighted by atomic mass is 9.66. The van der Waals surface area contributed by atoms with Gasteiger partial charge in [-0.3, -0.25) is 4.79 Å². The van der Waals surface area contributed by atoms with Gasteiger partial charge in [-0.05, 0) is 106 Å². The summed E-state index contributed by atoms with van der Waals surface area (Å²) in [5, 5.41) is 7.41. The second-order valence-electron chi connectivity index (χ2n) is 16.5. The number of hydrogen-bond donors (Lipinski definition) is 0. The summed E-state index contributed by atoms with van der Waals surface area (Å²) in [4.78, 5) is 16.2. The fourth-order valence-corrected chi connectivity index (χ4v) is 11.1. The van der Waals surface area contributed by atoms with Crippen molar-refractivity contribution in [3.05, 3.63) is 216 Å². The zero-order valence-electron chi connectivity index (χ0n) is 33.2. The largest absolute Gasteiger partial charge is 0.310 e. The Morgan fingerprint density at radius 1 is 0.467 bits per heavy atom. The van der Waals surface area contributed by atoms with Gasteiger partial charge in [-0.2, -0.15) is 0 Å². The van der Waals surface area contributed by atoms with Gasteiger partial charge in [0.2, 0.25) is 0 Å². The zero-order chi connectivity index (χ0) is 40.1. The summed E-state index contributed by atoms with van der Waals surface area (Å²) in [7, 11) is 0. The molecule has 0 spiro atoms. The van der Waals surface area contributed by atoms with Crippen LogP contribution in [0.5, 0.6) is 0 Å². The first-order valence-corrected chi connectivity index (χ1v) is 21.4. The van der Waals surface area contributed by atoms with Gasteiger partial charge in [-0.1, -0.05) is 135 Å². The van der Waals surface area contributed by atoms with Gasteiger partial charge in [0.1, 0.15) is 0 Å². The SMILES string of the molecule is CC1(C)c2ccccc2C(=O)c2cccc(-c3ccc(-n4c5ccc(N(c6ccccc6)c6ccc7ccccc7c6)cc5c5cc6sc7ccccc7c6cc54)cc3)c21. The van der Waals surface area contributed by atoms with Crippen molar-refractivity contribution in [1.29, 1.82) is 0 Å². The molecule has 0 radical (unpaired) electrons. The third kappa shape index (κ3) is 5.17. The molecule has 0 N–H and O–H groups in total. The maximum Gasteiger partial charge on any atom is 0.193 e. The minimum atomic E-state index is -0.338. The molecule has 284 valence electrons. The highest BCUT2D eigenvalue weighted by molar-refractivity contribution is 7.25. The van der Waals surface area contributed by atoms with Crippen LogP contribution in [-0.2, 0) is 5.41 Å². The lowest BCUT2D eigenvalue weighted by Crippen LogP contribution is -2.31. The van der Waals surface area contributed by atoms with Crippen LogP contribution in [0.2, 0.25) is 0 Å². The van der Waals surface area contributed by atoms with Crippen molar-refractivity contribution in [2.24, 2.45) is 0 Å². The highest BCUT2D eigenvalue weighted by atomic mass is 32.1. The first-order chi connectivity index (χ1) is 29.4. The van der Waals surface area contributed by atoms with E-state index in [0.717, 1.165) is 61.6 Å². The van der Waals surface area contributed by atoms with Crippen LogP contribution < -0.4 is 4.90 Å². The standard InChI is InChI=1S/C56H38N2OS/c1-56(2)49-21-10-8-18-44(49)55(59)45-20-12-19-42(54(45)56)36-24-26-39(27-25-36)58-50-30-29-41(32-46(50)47-34-53-48(33-51(47)58)43-17-9-11-22-52(43)60-53)57(38-15-4-3-5-16-38)40-28-23-35-13-6-7-14-37(35)31-40/h3-34H,1-2H3. The quantitative estimate of drug-likeness (QED) is 0.174. The van der Waals surface area contributed by atoms with E-state index >= 15 is 0 Å². The van der Waals surface area contributed by atoms with Crippen molar-refractivity contribution in [2.45, 2.75) is 19.3 Å². The van der Waals surface area contributed by atoms with Crippen molar-refractivity contribution in [1.82, 2.24) is 4.57 Å². The number of para-hydroxylation sites is 1. The van der Waals surface area contributed by atoms with E-state index in [9.17, 15) is 4.79 Å². The van der Waals surface area contributed by atoms with Crippen LogP contribution >= 0.6 is 11.3 Å². The van der Waals surface area contributed by atoms with Gasteiger partial charge in [-0.25, -0.2) is 0 Å². The molecule has 9 aromatic carbocycles. The summed E-state index contributed by atoms with van der Waals surface area (Å²) in [6.45, 7) is 4.49. The summed E-state index contributed by atoms with van der Waals surface area (Å²) in [5.41, 5.74) is 12.3. The Balaban J connectivity index is 1.06. The fraction of sp³-hybridized carbons (Fsp3) is 0.0536.